The molecule has 98 valence electrons. The predicted molar refractivity (Wildman–Crippen MR) is 72.2 cm³/mol. The summed E-state index contributed by atoms with van der Waals surface area (Å²) in [4.78, 5) is 13.7. The van der Waals surface area contributed by atoms with Crippen molar-refractivity contribution in [2.45, 2.75) is 13.0 Å². The molecule has 1 aromatic rings. The number of anilines is 1. The van der Waals surface area contributed by atoms with Gasteiger partial charge in [-0.15, -0.1) is 0 Å². The average molecular weight is 316 g/mol. The molecule has 1 fully saturated rings. The van der Waals surface area contributed by atoms with Crippen LogP contribution in [0.3, 0.4) is 0 Å². The molecular formula is C12H15BrFN3O. The molecule has 0 bridgehead atoms. The fraction of sp³-hybridized carbons (Fsp3) is 0.417. The summed E-state index contributed by atoms with van der Waals surface area (Å²) in [5.41, 5.74) is 0.465. The van der Waals surface area contributed by atoms with Gasteiger partial charge in [0.25, 0.3) is 0 Å². The molecule has 2 rings (SSSR count). The lowest BCUT2D eigenvalue weighted by atomic mass is 10.2. The molecule has 1 heterocycles. The number of halogens is 2. The Morgan fingerprint density at radius 2 is 2.39 bits per heavy atom. The normalized spacial score (nSPS) is 19.7. The molecule has 2 N–H and O–H groups in total. The van der Waals surface area contributed by atoms with Gasteiger partial charge in [-0.3, -0.25) is 0 Å². The summed E-state index contributed by atoms with van der Waals surface area (Å²) in [6.45, 7) is 4.13. The van der Waals surface area contributed by atoms with Gasteiger partial charge in [0.15, 0.2) is 0 Å². The van der Waals surface area contributed by atoms with Gasteiger partial charge in [-0.25, -0.2) is 9.18 Å². The molecule has 1 aliphatic rings. The average Bonchev–Trinajstić information content (AvgIpc) is 2.34. The summed E-state index contributed by atoms with van der Waals surface area (Å²) in [5.74, 6) is -0.388. The van der Waals surface area contributed by atoms with Gasteiger partial charge in [-0.1, -0.05) is 0 Å². The van der Waals surface area contributed by atoms with Crippen molar-refractivity contribution in [1.82, 2.24) is 10.2 Å². The third kappa shape index (κ3) is 3.20. The van der Waals surface area contributed by atoms with E-state index in [4.69, 9.17) is 0 Å². The minimum Gasteiger partial charge on any atom is -0.322 e. The summed E-state index contributed by atoms with van der Waals surface area (Å²) in [6, 6.07) is 4.63. The molecule has 0 saturated carbocycles. The minimum atomic E-state index is -0.388. The molecular weight excluding hydrogens is 301 g/mol. The number of carbonyl (C=O) groups excluding carboxylic acids is 1. The van der Waals surface area contributed by atoms with Crippen LogP contribution in [-0.2, 0) is 0 Å². The van der Waals surface area contributed by atoms with Crippen molar-refractivity contribution in [1.29, 1.82) is 0 Å². The molecule has 0 radical (unpaired) electrons. The number of benzene rings is 1. The van der Waals surface area contributed by atoms with Gasteiger partial charge in [0.05, 0.1) is 4.47 Å². The Hall–Kier alpha value is -1.14. The smallest absolute Gasteiger partial charge is 0.321 e. The lowest BCUT2D eigenvalue weighted by molar-refractivity contribution is 0.192. The van der Waals surface area contributed by atoms with Gasteiger partial charge in [-0.2, -0.15) is 0 Å². The van der Waals surface area contributed by atoms with Gasteiger partial charge in [0.1, 0.15) is 5.82 Å². The zero-order valence-corrected chi connectivity index (χ0v) is 11.6. The van der Waals surface area contributed by atoms with Crippen molar-refractivity contribution in [3.8, 4) is 0 Å². The topological polar surface area (TPSA) is 44.4 Å². The molecule has 1 aromatic carbocycles. The first kappa shape index (κ1) is 13.3. The maximum Gasteiger partial charge on any atom is 0.321 e. The third-order valence-electron chi connectivity index (χ3n) is 2.83. The summed E-state index contributed by atoms with van der Waals surface area (Å²) in [6.07, 6.45) is 0. The molecule has 6 heteroatoms. The van der Waals surface area contributed by atoms with E-state index in [9.17, 15) is 9.18 Å². The molecule has 0 aliphatic carbocycles. The predicted octanol–water partition coefficient (Wildman–Crippen LogP) is 2.41. The first-order valence-electron chi connectivity index (χ1n) is 5.80. The standard InChI is InChI=1S/C12H15BrFN3O/c1-8-7-17(5-4-15-8)12(18)16-9-2-3-10(13)11(14)6-9/h2-3,6,8,15H,4-5,7H2,1H3,(H,16,18)/t8-/m0/s1. The number of carbonyl (C=O) groups is 1. The van der Waals surface area contributed by atoms with Crippen molar-refractivity contribution >= 4 is 27.6 Å². The number of hydrogen-bond donors (Lipinski definition) is 2. The first-order valence-corrected chi connectivity index (χ1v) is 6.60. The highest BCUT2D eigenvalue weighted by atomic mass is 79.9. The largest absolute Gasteiger partial charge is 0.322 e. The Morgan fingerprint density at radius 3 is 3.06 bits per heavy atom. The summed E-state index contributed by atoms with van der Waals surface area (Å²) >= 11 is 3.07. The number of nitrogens with zero attached hydrogens (tertiary/aromatic N) is 1. The van der Waals surface area contributed by atoms with E-state index in [1.54, 1.807) is 17.0 Å². The molecule has 2 amide bonds. The lowest BCUT2D eigenvalue weighted by Gasteiger charge is -2.31. The van der Waals surface area contributed by atoms with Crippen molar-refractivity contribution < 1.29 is 9.18 Å². The van der Waals surface area contributed by atoms with Crippen molar-refractivity contribution in [2.24, 2.45) is 0 Å². The quantitative estimate of drug-likeness (QED) is 0.836. The Bertz CT molecular complexity index is 455. The number of nitrogens with one attached hydrogen (secondary N) is 2. The highest BCUT2D eigenvalue weighted by Gasteiger charge is 2.20. The molecule has 1 aliphatic heterocycles. The highest BCUT2D eigenvalue weighted by Crippen LogP contribution is 2.19. The zero-order chi connectivity index (χ0) is 13.1. The second kappa shape index (κ2) is 5.67. The zero-order valence-electron chi connectivity index (χ0n) is 10.0. The van der Waals surface area contributed by atoms with E-state index in [0.29, 0.717) is 23.2 Å². The van der Waals surface area contributed by atoms with Crippen LogP contribution in [0.5, 0.6) is 0 Å². The molecule has 4 nitrogen and oxygen atoms in total. The molecule has 1 saturated heterocycles. The Morgan fingerprint density at radius 1 is 1.61 bits per heavy atom. The molecule has 18 heavy (non-hydrogen) atoms. The SMILES string of the molecule is C[C@H]1CN(C(=O)Nc2ccc(Br)c(F)c2)CCN1. The van der Waals surface area contributed by atoms with E-state index >= 15 is 0 Å². The van der Waals surface area contributed by atoms with E-state index < -0.39 is 0 Å². The Kier molecular flexibility index (Phi) is 4.19. The molecule has 0 aromatic heterocycles. The number of amides is 2. The number of hydrogen-bond acceptors (Lipinski definition) is 2. The minimum absolute atomic E-state index is 0.190. The van der Waals surface area contributed by atoms with Crippen LogP contribution in [0, 0.1) is 5.82 Å². The van der Waals surface area contributed by atoms with Crippen molar-refractivity contribution in [2.75, 3.05) is 25.0 Å². The van der Waals surface area contributed by atoms with Gasteiger partial charge in [-0.05, 0) is 41.1 Å². The fourth-order valence-corrected chi connectivity index (χ4v) is 2.14. The van der Waals surface area contributed by atoms with Gasteiger partial charge in [0, 0.05) is 31.4 Å². The van der Waals surface area contributed by atoms with E-state index in [1.165, 1.54) is 6.07 Å². The van der Waals surface area contributed by atoms with Crippen LogP contribution in [-0.4, -0.2) is 36.6 Å². The van der Waals surface area contributed by atoms with Gasteiger partial charge >= 0.3 is 6.03 Å². The second-order valence-corrected chi connectivity index (χ2v) is 5.21. The third-order valence-corrected chi connectivity index (χ3v) is 3.47. The monoisotopic (exact) mass is 315 g/mol. The van der Waals surface area contributed by atoms with Crippen LogP contribution in [0.2, 0.25) is 0 Å². The highest BCUT2D eigenvalue weighted by molar-refractivity contribution is 9.10. The fourth-order valence-electron chi connectivity index (χ4n) is 1.89. The maximum atomic E-state index is 13.3. The lowest BCUT2D eigenvalue weighted by Crippen LogP contribution is -2.52. The summed E-state index contributed by atoms with van der Waals surface area (Å²) < 4.78 is 13.7. The van der Waals surface area contributed by atoms with Gasteiger partial charge in [0.2, 0.25) is 0 Å². The van der Waals surface area contributed by atoms with E-state index in [0.717, 1.165) is 6.54 Å². The van der Waals surface area contributed by atoms with Crippen LogP contribution in [0.4, 0.5) is 14.9 Å². The van der Waals surface area contributed by atoms with Crippen LogP contribution < -0.4 is 10.6 Å². The van der Waals surface area contributed by atoms with Crippen molar-refractivity contribution in [3.63, 3.8) is 0 Å². The Labute approximate surface area is 114 Å². The van der Waals surface area contributed by atoms with Crippen LogP contribution in [0.25, 0.3) is 0 Å². The summed E-state index contributed by atoms with van der Waals surface area (Å²) in [7, 11) is 0. The number of urea groups is 1. The number of rotatable bonds is 1. The maximum absolute atomic E-state index is 13.3. The summed E-state index contributed by atoms with van der Waals surface area (Å²) in [5, 5.41) is 5.96. The van der Waals surface area contributed by atoms with Crippen LogP contribution in [0.15, 0.2) is 22.7 Å². The molecule has 0 unspecified atom stereocenters. The van der Waals surface area contributed by atoms with E-state index in [2.05, 4.69) is 26.6 Å². The van der Waals surface area contributed by atoms with E-state index in [1.807, 2.05) is 6.92 Å². The van der Waals surface area contributed by atoms with E-state index in [-0.39, 0.29) is 17.9 Å². The van der Waals surface area contributed by atoms with Crippen LogP contribution in [0.1, 0.15) is 6.92 Å². The second-order valence-electron chi connectivity index (χ2n) is 4.36. The van der Waals surface area contributed by atoms with Crippen LogP contribution >= 0.6 is 15.9 Å². The van der Waals surface area contributed by atoms with Gasteiger partial charge < -0.3 is 15.5 Å². The Balaban J connectivity index is 2.00. The first-order chi connectivity index (χ1) is 8.56. The number of piperazine rings is 1. The molecule has 0 spiro atoms. The molecule has 1 atom stereocenters. The van der Waals surface area contributed by atoms with Crippen molar-refractivity contribution in [3.05, 3.63) is 28.5 Å².